The normalized spacial score (nSPS) is 16.6. The lowest BCUT2D eigenvalue weighted by molar-refractivity contribution is 0.491. The van der Waals surface area contributed by atoms with Crippen LogP contribution in [0, 0.1) is 0 Å². The van der Waals surface area contributed by atoms with Crippen molar-refractivity contribution < 1.29 is 9.46 Å². The van der Waals surface area contributed by atoms with Crippen LogP contribution < -0.4 is 5.73 Å². The number of thiophene rings is 1. The number of hydrogen-bond acceptors (Lipinski definition) is 3. The van der Waals surface area contributed by atoms with Gasteiger partial charge in [0.2, 0.25) is 8.03 Å². The molecule has 1 aromatic heterocycles. The highest BCUT2D eigenvalue weighted by molar-refractivity contribution is 7.38. The third kappa shape index (κ3) is 1.67. The first-order valence-electron chi connectivity index (χ1n) is 2.72. The van der Waals surface area contributed by atoms with Crippen LogP contribution in [0.5, 0.6) is 0 Å². The summed E-state index contributed by atoms with van der Waals surface area (Å²) in [6, 6.07) is 1.76. The number of rotatable bonds is 2. The van der Waals surface area contributed by atoms with Crippen molar-refractivity contribution in [1.82, 2.24) is 0 Å². The second kappa shape index (κ2) is 3.30. The van der Waals surface area contributed by atoms with Gasteiger partial charge in [-0.2, -0.15) is 11.3 Å². The fourth-order valence-electron chi connectivity index (χ4n) is 0.595. The summed E-state index contributed by atoms with van der Waals surface area (Å²) in [5.74, 6) is -0.684. The van der Waals surface area contributed by atoms with Crippen LogP contribution in [-0.4, -0.2) is 4.89 Å². The molecule has 0 spiro atoms. The summed E-state index contributed by atoms with van der Waals surface area (Å²) in [6.45, 7) is 0. The molecular weight excluding hydrogens is 169 g/mol. The SMILES string of the molecule is NC(c1ccsc1)[PH](=O)O. The second-order valence-electron chi connectivity index (χ2n) is 1.87. The Morgan fingerprint density at radius 3 is 2.90 bits per heavy atom. The molecule has 1 rings (SSSR count). The average molecular weight is 177 g/mol. The maximum atomic E-state index is 10.5. The molecule has 0 saturated heterocycles. The van der Waals surface area contributed by atoms with Crippen molar-refractivity contribution in [3.05, 3.63) is 22.4 Å². The van der Waals surface area contributed by atoms with E-state index in [2.05, 4.69) is 0 Å². The largest absolute Gasteiger partial charge is 0.345 e. The summed E-state index contributed by atoms with van der Waals surface area (Å²) in [6.07, 6.45) is 0. The van der Waals surface area contributed by atoms with Crippen molar-refractivity contribution in [3.8, 4) is 0 Å². The predicted molar refractivity (Wildman–Crippen MR) is 42.5 cm³/mol. The number of nitrogens with two attached hydrogens (primary N) is 1. The van der Waals surface area contributed by atoms with Gasteiger partial charge in [-0.1, -0.05) is 0 Å². The Balaban J connectivity index is 2.77. The first-order valence-corrected chi connectivity index (χ1v) is 5.10. The maximum absolute atomic E-state index is 10.5. The highest BCUT2D eigenvalue weighted by Gasteiger charge is 2.10. The van der Waals surface area contributed by atoms with E-state index < -0.39 is 13.8 Å². The molecule has 3 N–H and O–H groups in total. The molecular formula is C5H8NO2PS. The average Bonchev–Trinajstić information content (AvgIpc) is 2.36. The van der Waals surface area contributed by atoms with E-state index in [1.165, 1.54) is 11.3 Å². The first kappa shape index (κ1) is 7.95. The van der Waals surface area contributed by atoms with E-state index in [1.807, 2.05) is 5.38 Å². The van der Waals surface area contributed by atoms with Crippen LogP contribution in [0.15, 0.2) is 16.8 Å². The van der Waals surface area contributed by atoms with Crippen LogP contribution in [0.2, 0.25) is 0 Å². The van der Waals surface area contributed by atoms with Gasteiger partial charge in [-0.3, -0.25) is 4.57 Å². The van der Waals surface area contributed by atoms with Gasteiger partial charge in [0.05, 0.1) is 0 Å². The van der Waals surface area contributed by atoms with Crippen LogP contribution in [0.1, 0.15) is 11.3 Å². The predicted octanol–water partition coefficient (Wildman–Crippen LogP) is 1.17. The van der Waals surface area contributed by atoms with Gasteiger partial charge in [0.1, 0.15) is 5.78 Å². The van der Waals surface area contributed by atoms with Crippen LogP contribution in [0.25, 0.3) is 0 Å². The van der Waals surface area contributed by atoms with E-state index >= 15 is 0 Å². The van der Waals surface area contributed by atoms with Crippen molar-refractivity contribution >= 4 is 19.4 Å². The molecule has 0 aromatic carbocycles. The minimum absolute atomic E-state index is 0.684. The van der Waals surface area contributed by atoms with Gasteiger partial charge in [-0.15, -0.1) is 0 Å². The molecule has 0 saturated carbocycles. The van der Waals surface area contributed by atoms with Crippen LogP contribution in [-0.2, 0) is 4.57 Å². The van der Waals surface area contributed by atoms with E-state index in [-0.39, 0.29) is 0 Å². The smallest absolute Gasteiger partial charge is 0.209 e. The van der Waals surface area contributed by atoms with Crippen molar-refractivity contribution in [2.75, 3.05) is 0 Å². The van der Waals surface area contributed by atoms with Gasteiger partial charge in [0.15, 0.2) is 0 Å². The Labute approximate surface area is 63.4 Å². The minimum Gasteiger partial charge on any atom is -0.345 e. The molecule has 10 heavy (non-hydrogen) atoms. The zero-order valence-electron chi connectivity index (χ0n) is 5.15. The summed E-state index contributed by atoms with van der Waals surface area (Å²) in [4.78, 5) is 8.62. The molecule has 0 aliphatic rings. The molecule has 0 radical (unpaired) electrons. The van der Waals surface area contributed by atoms with Crippen LogP contribution >= 0.6 is 19.4 Å². The first-order chi connectivity index (χ1) is 4.72. The van der Waals surface area contributed by atoms with Gasteiger partial charge in [-0.05, 0) is 22.4 Å². The van der Waals surface area contributed by atoms with E-state index in [9.17, 15) is 4.57 Å². The summed E-state index contributed by atoms with van der Waals surface area (Å²) >= 11 is 1.47. The molecule has 0 aliphatic carbocycles. The Hall–Kier alpha value is -0.150. The second-order valence-corrected chi connectivity index (χ2v) is 3.95. The van der Waals surface area contributed by atoms with E-state index in [0.717, 1.165) is 5.56 Å². The third-order valence-electron chi connectivity index (χ3n) is 1.17. The van der Waals surface area contributed by atoms with Crippen LogP contribution in [0.3, 0.4) is 0 Å². The van der Waals surface area contributed by atoms with E-state index in [0.29, 0.717) is 0 Å². The van der Waals surface area contributed by atoms with Gasteiger partial charge in [0, 0.05) is 0 Å². The van der Waals surface area contributed by atoms with Gasteiger partial charge in [-0.25, -0.2) is 0 Å². The molecule has 56 valence electrons. The third-order valence-corrected chi connectivity index (χ3v) is 2.74. The van der Waals surface area contributed by atoms with Gasteiger partial charge >= 0.3 is 0 Å². The summed E-state index contributed by atoms with van der Waals surface area (Å²) in [7, 11) is -2.60. The fourth-order valence-corrected chi connectivity index (χ4v) is 1.88. The lowest BCUT2D eigenvalue weighted by Gasteiger charge is -2.02. The van der Waals surface area contributed by atoms with Crippen molar-refractivity contribution in [2.24, 2.45) is 5.73 Å². The van der Waals surface area contributed by atoms with Crippen molar-refractivity contribution in [3.63, 3.8) is 0 Å². The Bertz CT molecular complexity index is 224. The topological polar surface area (TPSA) is 63.3 Å². The Morgan fingerprint density at radius 1 is 1.80 bits per heavy atom. The summed E-state index contributed by atoms with van der Waals surface area (Å²) in [5.41, 5.74) is 6.12. The molecule has 5 heteroatoms. The molecule has 2 atom stereocenters. The zero-order valence-corrected chi connectivity index (χ0v) is 6.97. The van der Waals surface area contributed by atoms with Gasteiger partial charge in [0.25, 0.3) is 0 Å². The standard InChI is InChI=1S/C5H8NO2PS/c6-5(9(7)8)4-1-2-10-3-4/h1-3,5,9H,6H2,(H,7,8). The number of hydrogen-bond donors (Lipinski definition) is 2. The monoisotopic (exact) mass is 177 g/mol. The zero-order chi connectivity index (χ0) is 7.56. The summed E-state index contributed by atoms with van der Waals surface area (Å²) < 4.78 is 10.5. The molecule has 0 fully saturated rings. The molecule has 1 heterocycles. The molecule has 0 aliphatic heterocycles. The van der Waals surface area contributed by atoms with Crippen molar-refractivity contribution in [1.29, 1.82) is 0 Å². The maximum Gasteiger partial charge on any atom is 0.209 e. The molecule has 0 amide bonds. The van der Waals surface area contributed by atoms with E-state index in [4.69, 9.17) is 10.6 Å². The van der Waals surface area contributed by atoms with Crippen LogP contribution in [0.4, 0.5) is 0 Å². The Kier molecular flexibility index (Phi) is 2.63. The van der Waals surface area contributed by atoms with Crippen molar-refractivity contribution in [2.45, 2.75) is 5.78 Å². The summed E-state index contributed by atoms with van der Waals surface area (Å²) in [5, 5.41) is 3.61. The lowest BCUT2D eigenvalue weighted by atomic mass is 10.3. The minimum atomic E-state index is -2.60. The Morgan fingerprint density at radius 2 is 2.50 bits per heavy atom. The molecule has 1 aromatic rings. The quantitative estimate of drug-likeness (QED) is 0.666. The molecule has 3 nitrogen and oxygen atoms in total. The lowest BCUT2D eigenvalue weighted by Crippen LogP contribution is -2.03. The fraction of sp³-hybridized carbons (Fsp3) is 0.200. The highest BCUT2D eigenvalue weighted by atomic mass is 32.1. The van der Waals surface area contributed by atoms with Gasteiger partial charge < -0.3 is 10.6 Å². The molecule has 2 unspecified atom stereocenters. The highest BCUT2D eigenvalue weighted by Crippen LogP contribution is 2.33. The molecule has 0 bridgehead atoms. The van der Waals surface area contributed by atoms with E-state index in [1.54, 1.807) is 11.4 Å².